The van der Waals surface area contributed by atoms with Gasteiger partial charge < -0.3 is 0 Å². The molecular weight excluding hydrogens is 837 g/mol. The Balaban J connectivity index is 0.915. The van der Waals surface area contributed by atoms with E-state index in [9.17, 15) is 0 Å². The van der Waals surface area contributed by atoms with Gasteiger partial charge in [-0.15, -0.1) is 22.7 Å². The molecular formula is C62H38N2S2. The van der Waals surface area contributed by atoms with E-state index >= 15 is 0 Å². The Hall–Kier alpha value is -8.02. The summed E-state index contributed by atoms with van der Waals surface area (Å²) in [5.74, 6) is 0.701. The van der Waals surface area contributed by atoms with E-state index in [0.717, 1.165) is 39.2 Å². The first-order chi connectivity index (χ1) is 32.6. The number of hydrogen-bond acceptors (Lipinski definition) is 4. The molecule has 3 heterocycles. The number of benzene rings is 10. The summed E-state index contributed by atoms with van der Waals surface area (Å²) in [6.45, 7) is 0. The molecule has 3 aromatic heterocycles. The lowest BCUT2D eigenvalue weighted by molar-refractivity contribution is 1.18. The summed E-state index contributed by atoms with van der Waals surface area (Å²) >= 11 is 3.66. The molecule has 0 unspecified atom stereocenters. The van der Waals surface area contributed by atoms with Gasteiger partial charge in [-0.2, -0.15) is 0 Å². The third-order valence-electron chi connectivity index (χ3n) is 12.9. The lowest BCUT2D eigenvalue weighted by Crippen LogP contribution is -1.96. The fourth-order valence-electron chi connectivity index (χ4n) is 9.53. The summed E-state index contributed by atoms with van der Waals surface area (Å²) in [6, 6.07) is 83.6. The van der Waals surface area contributed by atoms with Crippen molar-refractivity contribution in [3.05, 3.63) is 231 Å². The average Bonchev–Trinajstić information content (AvgIpc) is 3.96. The van der Waals surface area contributed by atoms with E-state index < -0.39 is 0 Å². The molecule has 0 saturated heterocycles. The van der Waals surface area contributed by atoms with Crippen LogP contribution >= 0.6 is 22.7 Å². The van der Waals surface area contributed by atoms with E-state index in [1.165, 1.54) is 84.5 Å². The van der Waals surface area contributed by atoms with Crippen molar-refractivity contribution in [3.63, 3.8) is 0 Å². The highest BCUT2D eigenvalue weighted by Gasteiger charge is 2.16. The van der Waals surface area contributed by atoms with Crippen molar-refractivity contribution < 1.29 is 0 Å². The number of fused-ring (bicyclic) bond motifs is 7. The molecule has 13 rings (SSSR count). The molecule has 0 bridgehead atoms. The molecule has 308 valence electrons. The Morgan fingerprint density at radius 1 is 0.242 bits per heavy atom. The molecule has 0 N–H and O–H groups in total. The van der Waals surface area contributed by atoms with E-state index in [-0.39, 0.29) is 0 Å². The van der Waals surface area contributed by atoms with Crippen molar-refractivity contribution in [1.29, 1.82) is 0 Å². The van der Waals surface area contributed by atoms with Gasteiger partial charge in [-0.1, -0.05) is 176 Å². The molecule has 0 aliphatic carbocycles. The third kappa shape index (κ3) is 6.87. The van der Waals surface area contributed by atoms with Crippen LogP contribution < -0.4 is 0 Å². The molecule has 4 heteroatoms. The summed E-state index contributed by atoms with van der Waals surface area (Å²) in [6.07, 6.45) is 0. The second kappa shape index (κ2) is 15.9. The van der Waals surface area contributed by atoms with Gasteiger partial charge in [0.2, 0.25) is 0 Å². The molecule has 0 atom stereocenters. The first kappa shape index (κ1) is 38.4. The van der Waals surface area contributed by atoms with Crippen molar-refractivity contribution in [2.45, 2.75) is 0 Å². The van der Waals surface area contributed by atoms with Crippen molar-refractivity contribution >= 4 is 73.8 Å². The molecule has 13 aromatic rings. The van der Waals surface area contributed by atoms with Crippen LogP contribution in [-0.2, 0) is 0 Å². The minimum absolute atomic E-state index is 0.701. The lowest BCUT2D eigenvalue weighted by atomic mass is 9.89. The number of aromatic nitrogens is 2. The van der Waals surface area contributed by atoms with E-state index in [4.69, 9.17) is 9.97 Å². The Morgan fingerprint density at radius 3 is 1.32 bits per heavy atom. The number of nitrogens with zero attached hydrogens (tertiary/aromatic N) is 2. The first-order valence-electron chi connectivity index (χ1n) is 22.3. The minimum Gasteiger partial charge on any atom is -0.228 e. The van der Waals surface area contributed by atoms with Gasteiger partial charge in [0.1, 0.15) is 0 Å². The Bertz CT molecular complexity index is 3850. The largest absolute Gasteiger partial charge is 0.228 e. The van der Waals surface area contributed by atoms with Crippen LogP contribution in [0.25, 0.3) is 130 Å². The predicted octanol–water partition coefficient (Wildman–Crippen LogP) is 18.0. The summed E-state index contributed by atoms with van der Waals surface area (Å²) < 4.78 is 5.09. The highest BCUT2D eigenvalue weighted by molar-refractivity contribution is 7.26. The molecule has 0 saturated carbocycles. The smallest absolute Gasteiger partial charge is 0.160 e. The maximum absolute atomic E-state index is 5.34. The SMILES string of the molecule is c1ccc(-c2ccc(-c3cc4ccc(-c5cccc(-c6nc(-c7ccc8c(c7)sc7ccccc78)cc(-c7ccc8c(c7)sc7ccccc78)n6)c5)cc4cc3-c3ccccc3)cc2)cc1. The average molecular weight is 875 g/mol. The van der Waals surface area contributed by atoms with E-state index in [1.807, 2.05) is 22.7 Å². The maximum Gasteiger partial charge on any atom is 0.160 e. The second-order valence-corrected chi connectivity index (χ2v) is 19.1. The molecule has 2 nitrogen and oxygen atoms in total. The third-order valence-corrected chi connectivity index (χ3v) is 15.2. The van der Waals surface area contributed by atoms with Gasteiger partial charge in [0, 0.05) is 57.0 Å². The van der Waals surface area contributed by atoms with Crippen LogP contribution in [0, 0.1) is 0 Å². The quantitative estimate of drug-likeness (QED) is 0.159. The molecule has 0 radical (unpaired) electrons. The van der Waals surface area contributed by atoms with Crippen LogP contribution in [0.2, 0.25) is 0 Å². The Labute approximate surface area is 390 Å². The summed E-state index contributed by atoms with van der Waals surface area (Å²) in [5, 5.41) is 7.52. The fourth-order valence-corrected chi connectivity index (χ4v) is 11.8. The molecule has 66 heavy (non-hydrogen) atoms. The van der Waals surface area contributed by atoms with Crippen LogP contribution in [-0.4, -0.2) is 9.97 Å². The fraction of sp³-hybridized carbons (Fsp3) is 0. The highest BCUT2D eigenvalue weighted by Crippen LogP contribution is 2.41. The zero-order valence-electron chi connectivity index (χ0n) is 35.7. The maximum atomic E-state index is 5.34. The summed E-state index contributed by atoms with van der Waals surface area (Å²) in [4.78, 5) is 10.7. The second-order valence-electron chi connectivity index (χ2n) is 16.9. The number of thiophene rings is 2. The van der Waals surface area contributed by atoms with Gasteiger partial charge in [-0.25, -0.2) is 9.97 Å². The van der Waals surface area contributed by atoms with E-state index in [0.29, 0.717) is 5.82 Å². The first-order valence-corrected chi connectivity index (χ1v) is 23.9. The normalized spacial score (nSPS) is 11.6. The van der Waals surface area contributed by atoms with Gasteiger partial charge in [0.05, 0.1) is 11.4 Å². The number of hydrogen-bond donors (Lipinski definition) is 0. The highest BCUT2D eigenvalue weighted by atomic mass is 32.1. The zero-order chi connectivity index (χ0) is 43.6. The van der Waals surface area contributed by atoms with Crippen molar-refractivity contribution in [2.75, 3.05) is 0 Å². The molecule has 10 aromatic carbocycles. The van der Waals surface area contributed by atoms with E-state index in [1.54, 1.807) is 0 Å². The minimum atomic E-state index is 0.701. The topological polar surface area (TPSA) is 25.8 Å². The van der Waals surface area contributed by atoms with E-state index in [2.05, 4.69) is 231 Å². The zero-order valence-corrected chi connectivity index (χ0v) is 37.3. The van der Waals surface area contributed by atoms with Gasteiger partial charge in [0.15, 0.2) is 5.82 Å². The molecule has 0 aliphatic rings. The summed E-state index contributed by atoms with van der Waals surface area (Å²) in [7, 11) is 0. The van der Waals surface area contributed by atoms with Crippen molar-refractivity contribution in [3.8, 4) is 78.4 Å². The van der Waals surface area contributed by atoms with Crippen molar-refractivity contribution in [1.82, 2.24) is 9.97 Å². The van der Waals surface area contributed by atoms with Crippen LogP contribution in [0.4, 0.5) is 0 Å². The van der Waals surface area contributed by atoms with Crippen LogP contribution in [0.1, 0.15) is 0 Å². The van der Waals surface area contributed by atoms with Crippen LogP contribution in [0.5, 0.6) is 0 Å². The van der Waals surface area contributed by atoms with Gasteiger partial charge in [0.25, 0.3) is 0 Å². The summed E-state index contributed by atoms with van der Waals surface area (Å²) in [5.41, 5.74) is 14.4. The predicted molar refractivity (Wildman–Crippen MR) is 283 cm³/mol. The Kier molecular flexibility index (Phi) is 9.26. The standard InChI is InChI=1S/C62H38N2S2/c1-3-12-39(13-4-1)40-22-24-42(25-23-40)54-34-45-27-26-44(33-49(45)35-55(54)41-14-5-2-6-15-41)43-16-11-17-48(32-43)62-63-56(46-28-30-52-50-18-7-9-20-58(50)65-60(52)36-46)38-57(64-62)47-29-31-53-51-19-8-10-21-59(51)66-61(53)37-47/h1-38H. The van der Waals surface area contributed by atoms with Gasteiger partial charge in [-0.05, 0) is 110 Å². The monoisotopic (exact) mass is 874 g/mol. The van der Waals surface area contributed by atoms with Gasteiger partial charge >= 0.3 is 0 Å². The molecule has 0 fully saturated rings. The molecule has 0 amide bonds. The Morgan fingerprint density at radius 2 is 0.682 bits per heavy atom. The van der Waals surface area contributed by atoms with Crippen LogP contribution in [0.15, 0.2) is 231 Å². The van der Waals surface area contributed by atoms with Gasteiger partial charge in [-0.3, -0.25) is 0 Å². The van der Waals surface area contributed by atoms with Crippen LogP contribution in [0.3, 0.4) is 0 Å². The molecule has 0 spiro atoms. The van der Waals surface area contributed by atoms with Crippen molar-refractivity contribution in [2.24, 2.45) is 0 Å². The molecule has 0 aliphatic heterocycles. The number of rotatable bonds is 7. The lowest BCUT2D eigenvalue weighted by Gasteiger charge is -2.15.